The lowest BCUT2D eigenvalue weighted by Gasteiger charge is -2.15. The minimum absolute atomic E-state index is 0.000674. The predicted molar refractivity (Wildman–Crippen MR) is 87.1 cm³/mol. The molecule has 3 nitrogen and oxygen atoms in total. The molecule has 0 saturated heterocycles. The summed E-state index contributed by atoms with van der Waals surface area (Å²) in [7, 11) is 0. The van der Waals surface area contributed by atoms with Crippen LogP contribution in [-0.2, 0) is 12.7 Å². The van der Waals surface area contributed by atoms with Crippen molar-refractivity contribution >= 4 is 32.8 Å². The second kappa shape index (κ2) is 5.98. The van der Waals surface area contributed by atoms with Crippen molar-refractivity contribution in [3.63, 3.8) is 0 Å². The largest absolute Gasteiger partial charge is 0.477 e. The highest BCUT2D eigenvalue weighted by atomic mass is 79.9. The highest BCUT2D eigenvalue weighted by molar-refractivity contribution is 9.10. The number of benzene rings is 2. The van der Waals surface area contributed by atoms with Gasteiger partial charge in [0.2, 0.25) is 0 Å². The molecule has 0 radical (unpaired) electrons. The standard InChI is InChI=1S/C17H11BrF3NO2/c18-12-5-6-13(17(19,20)21)11(7-12)9-22-14-4-2-1-3-10(14)8-15(22)16(23)24/h1-8H,9H2,(H,23,24). The molecular formula is C17H11BrF3NO2. The lowest BCUT2D eigenvalue weighted by Crippen LogP contribution is -2.14. The first-order valence-electron chi connectivity index (χ1n) is 6.94. The molecule has 0 aliphatic carbocycles. The average molecular weight is 398 g/mol. The Hall–Kier alpha value is -2.28. The number of aromatic carboxylic acids is 1. The Balaban J connectivity index is 2.19. The van der Waals surface area contributed by atoms with E-state index in [1.165, 1.54) is 22.8 Å². The van der Waals surface area contributed by atoms with Crippen LogP contribution in [0.5, 0.6) is 0 Å². The van der Waals surface area contributed by atoms with E-state index < -0.39 is 17.7 Å². The van der Waals surface area contributed by atoms with Crippen molar-refractivity contribution in [2.45, 2.75) is 12.7 Å². The fourth-order valence-corrected chi connectivity index (χ4v) is 3.11. The Morgan fingerprint density at radius 2 is 1.83 bits per heavy atom. The summed E-state index contributed by atoms with van der Waals surface area (Å²) in [6.45, 7) is -0.191. The predicted octanol–water partition coefficient (Wildman–Crippen LogP) is 5.17. The van der Waals surface area contributed by atoms with Crippen molar-refractivity contribution in [3.05, 3.63) is 69.8 Å². The number of carbonyl (C=O) groups is 1. The van der Waals surface area contributed by atoms with Gasteiger partial charge in [-0.25, -0.2) is 4.79 Å². The molecule has 0 spiro atoms. The second-order valence-corrected chi connectivity index (χ2v) is 6.19. The molecule has 0 aliphatic rings. The third kappa shape index (κ3) is 3.03. The Bertz CT molecular complexity index is 931. The average Bonchev–Trinajstić information content (AvgIpc) is 2.85. The van der Waals surface area contributed by atoms with E-state index in [1.54, 1.807) is 24.3 Å². The van der Waals surface area contributed by atoms with Gasteiger partial charge in [-0.1, -0.05) is 34.1 Å². The van der Waals surface area contributed by atoms with Crippen molar-refractivity contribution in [2.24, 2.45) is 0 Å². The highest BCUT2D eigenvalue weighted by Crippen LogP contribution is 2.34. The quantitative estimate of drug-likeness (QED) is 0.662. The van der Waals surface area contributed by atoms with Crippen LogP contribution in [0.15, 0.2) is 53.0 Å². The lowest BCUT2D eigenvalue weighted by molar-refractivity contribution is -0.138. The number of para-hydroxylation sites is 1. The van der Waals surface area contributed by atoms with Gasteiger partial charge < -0.3 is 9.67 Å². The molecule has 1 heterocycles. The third-order valence-corrected chi connectivity index (χ3v) is 4.22. The fraction of sp³-hybridized carbons (Fsp3) is 0.118. The number of nitrogens with zero attached hydrogens (tertiary/aromatic N) is 1. The van der Waals surface area contributed by atoms with Gasteiger partial charge >= 0.3 is 12.1 Å². The summed E-state index contributed by atoms with van der Waals surface area (Å²) in [5.41, 5.74) is -0.257. The van der Waals surface area contributed by atoms with Crippen molar-refractivity contribution in [1.29, 1.82) is 0 Å². The molecule has 0 aliphatic heterocycles. The Kier molecular flexibility index (Phi) is 4.13. The Morgan fingerprint density at radius 1 is 1.12 bits per heavy atom. The van der Waals surface area contributed by atoms with Crippen LogP contribution >= 0.6 is 15.9 Å². The van der Waals surface area contributed by atoms with E-state index in [1.807, 2.05) is 0 Å². The zero-order valence-electron chi connectivity index (χ0n) is 12.1. The summed E-state index contributed by atoms with van der Waals surface area (Å²) in [6, 6.07) is 12.0. The van der Waals surface area contributed by atoms with Crippen LogP contribution in [0.2, 0.25) is 0 Å². The smallest absolute Gasteiger partial charge is 0.416 e. The second-order valence-electron chi connectivity index (χ2n) is 5.28. The van der Waals surface area contributed by atoms with Crippen LogP contribution in [-0.4, -0.2) is 15.6 Å². The number of rotatable bonds is 3. The summed E-state index contributed by atoms with van der Waals surface area (Å²) >= 11 is 3.17. The van der Waals surface area contributed by atoms with E-state index in [2.05, 4.69) is 15.9 Å². The molecule has 1 aromatic heterocycles. The molecular weight excluding hydrogens is 387 g/mol. The fourth-order valence-electron chi connectivity index (χ4n) is 2.70. The molecule has 0 saturated carbocycles. The van der Waals surface area contributed by atoms with Gasteiger partial charge in [0.05, 0.1) is 5.56 Å². The lowest BCUT2D eigenvalue weighted by atomic mass is 10.1. The zero-order valence-corrected chi connectivity index (χ0v) is 13.7. The van der Waals surface area contributed by atoms with Gasteiger partial charge in [0.1, 0.15) is 5.69 Å². The van der Waals surface area contributed by atoms with Gasteiger partial charge in [0.15, 0.2) is 0 Å². The normalized spacial score (nSPS) is 11.8. The Labute approximate surface area is 143 Å². The summed E-state index contributed by atoms with van der Waals surface area (Å²) in [5.74, 6) is -1.19. The van der Waals surface area contributed by atoms with Crippen LogP contribution in [0.4, 0.5) is 13.2 Å². The molecule has 0 bridgehead atoms. The monoisotopic (exact) mass is 397 g/mol. The maximum Gasteiger partial charge on any atom is 0.416 e. The summed E-state index contributed by atoms with van der Waals surface area (Å²) < 4.78 is 41.6. The molecule has 7 heteroatoms. The number of aromatic nitrogens is 1. The van der Waals surface area contributed by atoms with E-state index in [9.17, 15) is 23.1 Å². The molecule has 3 aromatic rings. The van der Waals surface area contributed by atoms with E-state index in [4.69, 9.17) is 0 Å². The molecule has 0 amide bonds. The maximum atomic E-state index is 13.2. The molecule has 24 heavy (non-hydrogen) atoms. The number of carboxylic acids is 1. The SMILES string of the molecule is O=C(O)c1cc2ccccc2n1Cc1cc(Br)ccc1C(F)(F)F. The summed E-state index contributed by atoms with van der Waals surface area (Å²) in [4.78, 5) is 11.5. The number of hydrogen-bond donors (Lipinski definition) is 1. The van der Waals surface area contributed by atoms with Crippen molar-refractivity contribution in [3.8, 4) is 0 Å². The summed E-state index contributed by atoms with van der Waals surface area (Å²) in [5, 5.41) is 10.0. The van der Waals surface area contributed by atoms with Gasteiger partial charge in [-0.05, 0) is 35.9 Å². The number of fused-ring (bicyclic) bond motifs is 1. The molecule has 3 rings (SSSR count). The van der Waals surface area contributed by atoms with Gasteiger partial charge in [-0.15, -0.1) is 0 Å². The molecule has 124 valence electrons. The molecule has 0 unspecified atom stereocenters. The maximum absolute atomic E-state index is 13.2. The van der Waals surface area contributed by atoms with Crippen LogP contribution < -0.4 is 0 Å². The first kappa shape index (κ1) is 16.6. The van der Waals surface area contributed by atoms with E-state index in [0.29, 0.717) is 15.4 Å². The minimum atomic E-state index is -4.51. The first-order valence-corrected chi connectivity index (χ1v) is 7.74. The molecule has 0 atom stereocenters. The minimum Gasteiger partial charge on any atom is -0.477 e. The Morgan fingerprint density at radius 3 is 2.50 bits per heavy atom. The molecule has 1 N–H and O–H groups in total. The van der Waals surface area contributed by atoms with Crippen LogP contribution in [0.1, 0.15) is 21.6 Å². The van der Waals surface area contributed by atoms with Gasteiger partial charge in [0.25, 0.3) is 0 Å². The van der Waals surface area contributed by atoms with Crippen LogP contribution in [0.25, 0.3) is 10.9 Å². The summed E-state index contributed by atoms with van der Waals surface area (Å²) in [6.07, 6.45) is -4.51. The van der Waals surface area contributed by atoms with Gasteiger partial charge in [-0.2, -0.15) is 13.2 Å². The highest BCUT2D eigenvalue weighted by Gasteiger charge is 2.33. The van der Waals surface area contributed by atoms with Gasteiger partial charge in [-0.3, -0.25) is 0 Å². The molecule has 0 fully saturated rings. The van der Waals surface area contributed by atoms with Crippen LogP contribution in [0, 0.1) is 0 Å². The third-order valence-electron chi connectivity index (χ3n) is 3.73. The van der Waals surface area contributed by atoms with Crippen molar-refractivity contribution < 1.29 is 23.1 Å². The zero-order chi connectivity index (χ0) is 17.5. The molecule has 2 aromatic carbocycles. The number of halogens is 4. The number of hydrogen-bond acceptors (Lipinski definition) is 1. The van der Waals surface area contributed by atoms with E-state index in [-0.39, 0.29) is 17.8 Å². The van der Waals surface area contributed by atoms with E-state index in [0.717, 1.165) is 6.07 Å². The topological polar surface area (TPSA) is 42.2 Å². The van der Waals surface area contributed by atoms with Crippen LogP contribution in [0.3, 0.4) is 0 Å². The van der Waals surface area contributed by atoms with Gasteiger partial charge in [0, 0.05) is 21.9 Å². The number of alkyl halides is 3. The first-order chi connectivity index (χ1) is 11.3. The van der Waals surface area contributed by atoms with Crippen molar-refractivity contribution in [2.75, 3.05) is 0 Å². The number of carboxylic acid groups (broad SMARTS) is 1. The van der Waals surface area contributed by atoms with E-state index >= 15 is 0 Å². The van der Waals surface area contributed by atoms with Crippen molar-refractivity contribution in [1.82, 2.24) is 4.57 Å².